The van der Waals surface area contributed by atoms with Gasteiger partial charge in [0.05, 0.1) is 0 Å². The van der Waals surface area contributed by atoms with Crippen LogP contribution >= 0.6 is 0 Å². The highest BCUT2D eigenvalue weighted by molar-refractivity contribution is 5.58. The van der Waals surface area contributed by atoms with E-state index >= 15 is 0 Å². The van der Waals surface area contributed by atoms with E-state index in [1.165, 1.54) is 0 Å². The maximum Gasteiger partial charge on any atom is 0.496 e. The smallest absolute Gasteiger partial charge is 0.432 e. The monoisotopic (exact) mass is 168 g/mol. The third kappa shape index (κ3) is 2.34. The lowest BCUT2D eigenvalue weighted by atomic mass is 10.1. The first-order valence-electron chi connectivity index (χ1n) is 3.61. The summed E-state index contributed by atoms with van der Waals surface area (Å²) >= 11 is 0. The highest BCUT2D eigenvalue weighted by Gasteiger charge is 2.08. The Balaban J connectivity index is 2.65. The van der Waals surface area contributed by atoms with Crippen LogP contribution in [0.2, 0.25) is 0 Å². The van der Waals surface area contributed by atoms with Gasteiger partial charge in [-0.25, -0.2) is 4.79 Å². The van der Waals surface area contributed by atoms with E-state index in [0.29, 0.717) is 0 Å². The Labute approximate surface area is 70.0 Å². The first-order chi connectivity index (χ1) is 5.70. The number of hydrogen-bond donors (Lipinski definition) is 0. The van der Waals surface area contributed by atoms with Gasteiger partial charge in [0.25, 0.3) is 0 Å². The van der Waals surface area contributed by atoms with Crippen LogP contribution in [0.4, 0.5) is 9.18 Å². The summed E-state index contributed by atoms with van der Waals surface area (Å²) in [6, 6.07) is 8.99. The van der Waals surface area contributed by atoms with Crippen LogP contribution < -0.4 is 0 Å². The summed E-state index contributed by atoms with van der Waals surface area (Å²) in [5.41, 5.74) is 0.781. The first kappa shape index (κ1) is 8.71. The van der Waals surface area contributed by atoms with Crippen molar-refractivity contribution in [3.8, 4) is 0 Å². The lowest BCUT2D eigenvalue weighted by molar-refractivity contribution is 0.0840. The second kappa shape index (κ2) is 3.85. The Morgan fingerprint density at radius 1 is 1.42 bits per heavy atom. The minimum atomic E-state index is -1.74. The fourth-order valence-corrected chi connectivity index (χ4v) is 0.931. The molecule has 1 atom stereocenters. The van der Waals surface area contributed by atoms with E-state index in [4.69, 9.17) is 0 Å². The Kier molecular flexibility index (Phi) is 2.80. The molecule has 3 heteroatoms. The molecule has 1 rings (SSSR count). The van der Waals surface area contributed by atoms with E-state index in [1.807, 2.05) is 6.07 Å². The molecule has 1 aromatic carbocycles. The summed E-state index contributed by atoms with van der Waals surface area (Å²) in [5.74, 6) is 0. The molecule has 0 spiro atoms. The summed E-state index contributed by atoms with van der Waals surface area (Å²) < 4.78 is 16.1. The standard InChI is InChI=1S/C9H9FO2/c1-7(12-9(10)11)8-5-3-2-4-6-8/h2-7H,1H3. The van der Waals surface area contributed by atoms with Gasteiger partial charge in [0, 0.05) is 0 Å². The molecule has 0 aromatic heterocycles. The molecule has 0 heterocycles. The predicted octanol–water partition coefficient (Wildman–Crippen LogP) is 2.85. The van der Waals surface area contributed by atoms with Gasteiger partial charge in [0.15, 0.2) is 0 Å². The molecule has 0 aliphatic heterocycles. The van der Waals surface area contributed by atoms with Crippen LogP contribution in [-0.2, 0) is 4.74 Å². The van der Waals surface area contributed by atoms with Gasteiger partial charge < -0.3 is 4.74 Å². The van der Waals surface area contributed by atoms with Crippen LogP contribution in [0.1, 0.15) is 18.6 Å². The maximum atomic E-state index is 11.8. The van der Waals surface area contributed by atoms with Crippen molar-refractivity contribution in [1.82, 2.24) is 0 Å². The van der Waals surface area contributed by atoms with Crippen LogP contribution in [0.3, 0.4) is 0 Å². The topological polar surface area (TPSA) is 26.3 Å². The molecule has 0 aliphatic carbocycles. The van der Waals surface area contributed by atoms with Crippen LogP contribution in [0, 0.1) is 0 Å². The summed E-state index contributed by atoms with van der Waals surface area (Å²) in [5, 5.41) is 0. The zero-order valence-corrected chi connectivity index (χ0v) is 6.66. The molecular formula is C9H9FO2. The summed E-state index contributed by atoms with van der Waals surface area (Å²) in [6.07, 6.45) is -2.27. The summed E-state index contributed by atoms with van der Waals surface area (Å²) in [7, 11) is 0. The Hall–Kier alpha value is -1.38. The highest BCUT2D eigenvalue weighted by atomic mass is 19.1. The maximum absolute atomic E-state index is 11.8. The lowest BCUT2D eigenvalue weighted by Gasteiger charge is -2.09. The third-order valence-corrected chi connectivity index (χ3v) is 1.54. The van der Waals surface area contributed by atoms with Gasteiger partial charge in [0.2, 0.25) is 0 Å². The Bertz CT molecular complexity index is 258. The van der Waals surface area contributed by atoms with Gasteiger partial charge in [-0.15, -0.1) is 4.39 Å². The number of hydrogen-bond acceptors (Lipinski definition) is 2. The predicted molar refractivity (Wildman–Crippen MR) is 42.4 cm³/mol. The molecule has 0 radical (unpaired) electrons. The molecule has 0 aliphatic rings. The molecule has 1 aromatic rings. The van der Waals surface area contributed by atoms with Crippen LogP contribution in [0.5, 0.6) is 0 Å². The minimum Gasteiger partial charge on any atom is -0.432 e. The number of carbonyl (C=O) groups excluding carboxylic acids is 1. The molecule has 64 valence electrons. The molecule has 0 saturated carbocycles. The van der Waals surface area contributed by atoms with Gasteiger partial charge in [-0.3, -0.25) is 0 Å². The molecular weight excluding hydrogens is 159 g/mol. The molecule has 2 nitrogen and oxygen atoms in total. The average Bonchev–Trinajstić information content (AvgIpc) is 2.05. The van der Waals surface area contributed by atoms with Crippen LogP contribution in [0.15, 0.2) is 30.3 Å². The van der Waals surface area contributed by atoms with E-state index in [0.717, 1.165) is 5.56 Å². The van der Waals surface area contributed by atoms with Gasteiger partial charge >= 0.3 is 6.22 Å². The van der Waals surface area contributed by atoms with E-state index in [-0.39, 0.29) is 0 Å². The van der Waals surface area contributed by atoms with Crippen molar-refractivity contribution in [1.29, 1.82) is 0 Å². The van der Waals surface area contributed by atoms with Crippen molar-refractivity contribution >= 4 is 6.22 Å². The Morgan fingerprint density at radius 3 is 2.50 bits per heavy atom. The van der Waals surface area contributed by atoms with Crippen molar-refractivity contribution in [2.75, 3.05) is 0 Å². The van der Waals surface area contributed by atoms with Crippen molar-refractivity contribution in [3.05, 3.63) is 35.9 Å². The Morgan fingerprint density at radius 2 is 2.00 bits per heavy atom. The normalized spacial score (nSPS) is 12.2. The number of halogens is 1. The average molecular weight is 168 g/mol. The largest absolute Gasteiger partial charge is 0.496 e. The molecule has 0 bridgehead atoms. The third-order valence-electron chi connectivity index (χ3n) is 1.54. The fourth-order valence-electron chi connectivity index (χ4n) is 0.931. The SMILES string of the molecule is CC(OC(=O)F)c1ccccc1. The van der Waals surface area contributed by atoms with Gasteiger partial charge in [-0.1, -0.05) is 30.3 Å². The summed E-state index contributed by atoms with van der Waals surface area (Å²) in [4.78, 5) is 9.94. The first-order valence-corrected chi connectivity index (χ1v) is 3.61. The quantitative estimate of drug-likeness (QED) is 0.634. The van der Waals surface area contributed by atoms with Crippen LogP contribution in [0.25, 0.3) is 0 Å². The molecule has 0 amide bonds. The van der Waals surface area contributed by atoms with Gasteiger partial charge in [-0.2, -0.15) is 0 Å². The van der Waals surface area contributed by atoms with Crippen molar-refractivity contribution in [2.24, 2.45) is 0 Å². The lowest BCUT2D eigenvalue weighted by Crippen LogP contribution is -2.01. The van der Waals surface area contributed by atoms with Crippen LogP contribution in [-0.4, -0.2) is 6.22 Å². The van der Waals surface area contributed by atoms with E-state index in [9.17, 15) is 9.18 Å². The number of ether oxygens (including phenoxy) is 1. The van der Waals surface area contributed by atoms with Crippen molar-refractivity contribution < 1.29 is 13.9 Å². The second-order valence-corrected chi connectivity index (χ2v) is 2.41. The number of carbonyl (C=O) groups is 1. The van der Waals surface area contributed by atoms with Crippen molar-refractivity contribution in [2.45, 2.75) is 13.0 Å². The zero-order chi connectivity index (χ0) is 8.97. The zero-order valence-electron chi connectivity index (χ0n) is 6.66. The van der Waals surface area contributed by atoms with Gasteiger partial charge in [-0.05, 0) is 12.5 Å². The van der Waals surface area contributed by atoms with E-state index in [1.54, 1.807) is 31.2 Å². The van der Waals surface area contributed by atoms with E-state index < -0.39 is 12.3 Å². The number of benzene rings is 1. The molecule has 12 heavy (non-hydrogen) atoms. The second-order valence-electron chi connectivity index (χ2n) is 2.41. The van der Waals surface area contributed by atoms with Gasteiger partial charge in [0.1, 0.15) is 6.10 Å². The van der Waals surface area contributed by atoms with E-state index in [2.05, 4.69) is 4.74 Å². The molecule has 1 unspecified atom stereocenters. The molecule has 0 fully saturated rings. The number of rotatable bonds is 2. The fraction of sp³-hybridized carbons (Fsp3) is 0.222. The minimum absolute atomic E-state index is 0.524. The van der Waals surface area contributed by atoms with Crippen molar-refractivity contribution in [3.63, 3.8) is 0 Å². The molecule has 0 saturated heterocycles. The summed E-state index contributed by atoms with van der Waals surface area (Å²) in [6.45, 7) is 1.62. The molecule has 0 N–H and O–H groups in total. The highest BCUT2D eigenvalue weighted by Crippen LogP contribution is 2.16.